The molecule has 0 N–H and O–H groups in total. The molecule has 0 bridgehead atoms. The van der Waals surface area contributed by atoms with Crippen molar-refractivity contribution in [3.8, 4) is 0 Å². The lowest BCUT2D eigenvalue weighted by molar-refractivity contribution is -0.761. The Morgan fingerprint density at radius 2 is 2.33 bits per heavy atom. The first kappa shape index (κ1) is 8.36. The molecule has 0 aliphatic carbocycles. The van der Waals surface area contributed by atoms with Crippen LogP contribution in [0.5, 0.6) is 0 Å². The zero-order chi connectivity index (χ0) is 7.44. The Hall–Kier alpha value is -0.640. The van der Waals surface area contributed by atoms with Crippen molar-refractivity contribution in [2.45, 2.75) is 12.8 Å². The van der Waals surface area contributed by atoms with Crippen LogP contribution >= 0.6 is 8.11 Å². The van der Waals surface area contributed by atoms with Crippen molar-refractivity contribution in [2.75, 3.05) is 0 Å². The Labute approximate surface area is 50.8 Å². The maximum Gasteiger partial charge on any atom is 0.295 e. The summed E-state index contributed by atoms with van der Waals surface area (Å²) in [5, 5.41) is 8.23. The molecule has 0 fully saturated rings. The number of halogens is 1. The van der Waals surface area contributed by atoms with E-state index in [9.17, 15) is 18.9 Å². The Kier molecular flexibility index (Phi) is 3.16. The van der Waals surface area contributed by atoms with E-state index in [-0.39, 0.29) is 0 Å². The highest BCUT2D eigenvalue weighted by Gasteiger charge is 2.12. The molecule has 0 saturated carbocycles. The van der Waals surface area contributed by atoms with Gasteiger partial charge in [-0.1, -0.05) is 0 Å². The maximum absolute atomic E-state index is 11.6. The van der Waals surface area contributed by atoms with Crippen molar-refractivity contribution in [1.82, 2.24) is 0 Å². The van der Waals surface area contributed by atoms with Crippen molar-refractivity contribution in [1.29, 1.82) is 0 Å². The van der Waals surface area contributed by atoms with Crippen LogP contribution in [0.25, 0.3) is 0 Å². The molecule has 9 heavy (non-hydrogen) atoms. The fraction of sp³-hybridized carbons (Fsp3) is 1.00. The second-order valence-corrected chi connectivity index (χ2v) is 2.70. The van der Waals surface area contributed by atoms with E-state index in [0.717, 1.165) is 6.92 Å². The first-order valence-corrected chi connectivity index (χ1v) is 3.41. The highest BCUT2D eigenvalue weighted by atomic mass is 31.1. The van der Waals surface area contributed by atoms with Crippen molar-refractivity contribution >= 4 is 8.11 Å². The predicted molar refractivity (Wildman–Crippen MR) is 27.7 cm³/mol. The lowest BCUT2D eigenvalue weighted by atomic mass is 10.9. The van der Waals surface area contributed by atoms with Gasteiger partial charge in [-0.3, -0.25) is 4.57 Å². The zero-order valence-electron chi connectivity index (χ0n) is 4.54. The van der Waals surface area contributed by atoms with Crippen LogP contribution in [0.2, 0.25) is 0 Å². The van der Waals surface area contributed by atoms with E-state index in [1.807, 2.05) is 0 Å². The molecular weight excluding hydrogens is 152 g/mol. The van der Waals surface area contributed by atoms with Gasteiger partial charge < -0.3 is 4.84 Å². The molecule has 2 atom stereocenters. The van der Waals surface area contributed by atoms with E-state index < -0.39 is 19.0 Å². The quantitative estimate of drug-likeness (QED) is 0.348. The fourth-order valence-corrected chi connectivity index (χ4v) is 0.339. The van der Waals surface area contributed by atoms with Crippen molar-refractivity contribution in [3.63, 3.8) is 0 Å². The smallest absolute Gasteiger partial charge is 0.295 e. The molecule has 0 aliphatic heterocycles. The third-order valence-electron chi connectivity index (χ3n) is 0.564. The molecule has 0 radical (unpaired) electrons. The standard InChI is InChI=1S/C2H5FNO4P/c1-2(9(3)7)8-4(5)6/h2,9H,1H3. The summed E-state index contributed by atoms with van der Waals surface area (Å²) < 4.78 is 21.3. The molecule has 2 unspecified atom stereocenters. The SMILES string of the molecule is CC(O[N+](=O)[O-])[PH](=O)F. The first-order valence-electron chi connectivity index (χ1n) is 2.04. The minimum Gasteiger partial charge on any atom is -0.301 e. The predicted octanol–water partition coefficient (Wildman–Crippen LogP) is 0.985. The van der Waals surface area contributed by atoms with Crippen LogP contribution in [0.15, 0.2) is 0 Å². The third-order valence-corrected chi connectivity index (χ3v) is 1.31. The summed E-state index contributed by atoms with van der Waals surface area (Å²) in [7, 11) is -3.42. The minimum atomic E-state index is -3.42. The molecule has 0 aromatic heterocycles. The van der Waals surface area contributed by atoms with E-state index in [4.69, 9.17) is 0 Å². The first-order chi connectivity index (χ1) is 4.04. The van der Waals surface area contributed by atoms with Crippen LogP contribution in [0.1, 0.15) is 6.92 Å². The van der Waals surface area contributed by atoms with Crippen molar-refractivity contribution in [3.05, 3.63) is 10.1 Å². The van der Waals surface area contributed by atoms with E-state index in [2.05, 4.69) is 4.84 Å². The molecule has 0 amide bonds. The monoisotopic (exact) mass is 157 g/mol. The normalized spacial score (nSPS) is 16.2. The van der Waals surface area contributed by atoms with Crippen LogP contribution in [-0.4, -0.2) is 10.9 Å². The molecule has 0 aromatic rings. The van der Waals surface area contributed by atoms with Gasteiger partial charge >= 0.3 is 0 Å². The largest absolute Gasteiger partial charge is 0.301 e. The van der Waals surface area contributed by atoms with Crippen molar-refractivity contribution in [2.24, 2.45) is 0 Å². The Morgan fingerprint density at radius 1 is 1.89 bits per heavy atom. The summed E-state index contributed by atoms with van der Waals surface area (Å²) in [5.41, 5.74) is 0. The second-order valence-electron chi connectivity index (χ2n) is 1.28. The van der Waals surface area contributed by atoms with Gasteiger partial charge in [0, 0.05) is 0 Å². The summed E-state index contributed by atoms with van der Waals surface area (Å²) in [5.74, 6) is -1.43. The van der Waals surface area contributed by atoms with E-state index in [1.54, 1.807) is 0 Å². The summed E-state index contributed by atoms with van der Waals surface area (Å²) >= 11 is 0. The number of nitrogens with zero attached hydrogens (tertiary/aromatic N) is 1. The van der Waals surface area contributed by atoms with Crippen molar-refractivity contribution < 1.29 is 18.7 Å². The van der Waals surface area contributed by atoms with Gasteiger partial charge in [0.2, 0.25) is 0 Å². The van der Waals surface area contributed by atoms with Crippen LogP contribution < -0.4 is 0 Å². The molecule has 0 spiro atoms. The van der Waals surface area contributed by atoms with Gasteiger partial charge in [-0.05, 0) is 6.92 Å². The lowest BCUT2D eigenvalue weighted by Gasteiger charge is -2.00. The van der Waals surface area contributed by atoms with Gasteiger partial charge in [-0.25, -0.2) is 0 Å². The lowest BCUT2D eigenvalue weighted by Crippen LogP contribution is -2.07. The summed E-state index contributed by atoms with van der Waals surface area (Å²) in [6.07, 6.45) is 0. The molecule has 7 heteroatoms. The molecule has 0 aromatic carbocycles. The highest BCUT2D eigenvalue weighted by molar-refractivity contribution is 7.39. The number of hydrogen-bond acceptors (Lipinski definition) is 4. The topological polar surface area (TPSA) is 69.4 Å². The molecule has 0 rings (SSSR count). The fourth-order valence-electron chi connectivity index (χ4n) is 0.171. The molecular formula is C2H5FNO4P. The van der Waals surface area contributed by atoms with Crippen LogP contribution in [-0.2, 0) is 9.40 Å². The summed E-state index contributed by atoms with van der Waals surface area (Å²) in [6.45, 7) is 1.03. The summed E-state index contributed by atoms with van der Waals surface area (Å²) in [4.78, 5) is 13.0. The average molecular weight is 157 g/mol. The number of rotatable bonds is 3. The Balaban J connectivity index is 3.63. The van der Waals surface area contributed by atoms with Gasteiger partial charge in [0.1, 0.15) is 0 Å². The second kappa shape index (κ2) is 3.40. The number of hydrogen-bond donors (Lipinski definition) is 0. The van der Waals surface area contributed by atoms with Crippen LogP contribution in [0.3, 0.4) is 0 Å². The third kappa shape index (κ3) is 3.90. The molecule has 54 valence electrons. The Bertz CT molecular complexity index is 139. The Morgan fingerprint density at radius 3 is 2.44 bits per heavy atom. The van der Waals surface area contributed by atoms with Crippen LogP contribution in [0.4, 0.5) is 4.20 Å². The molecule has 5 nitrogen and oxygen atoms in total. The summed E-state index contributed by atoms with van der Waals surface area (Å²) in [6, 6.07) is 0. The molecule has 0 heterocycles. The maximum atomic E-state index is 11.6. The minimum absolute atomic E-state index is 1.03. The van der Waals surface area contributed by atoms with Gasteiger partial charge in [0.15, 0.2) is 5.85 Å². The average Bonchev–Trinajstić information content (AvgIpc) is 1.63. The van der Waals surface area contributed by atoms with Gasteiger partial charge in [-0.15, -0.1) is 10.1 Å². The molecule has 0 saturated heterocycles. The van der Waals surface area contributed by atoms with Gasteiger partial charge in [0.25, 0.3) is 13.2 Å². The van der Waals surface area contributed by atoms with Gasteiger partial charge in [-0.2, -0.15) is 4.20 Å². The van der Waals surface area contributed by atoms with Gasteiger partial charge in [0.05, 0.1) is 0 Å². The van der Waals surface area contributed by atoms with Crippen LogP contribution in [0, 0.1) is 10.1 Å². The molecule has 0 aliphatic rings. The van der Waals surface area contributed by atoms with E-state index >= 15 is 0 Å². The van der Waals surface area contributed by atoms with E-state index in [0.29, 0.717) is 0 Å². The highest BCUT2D eigenvalue weighted by Crippen LogP contribution is 2.29. The van der Waals surface area contributed by atoms with E-state index in [1.165, 1.54) is 0 Å². The zero-order valence-corrected chi connectivity index (χ0v) is 5.54.